The van der Waals surface area contributed by atoms with E-state index in [0.717, 1.165) is 30.6 Å². The summed E-state index contributed by atoms with van der Waals surface area (Å²) in [5.74, 6) is 0.0237. The molecule has 1 amide bonds. The molecule has 1 atom stereocenters. The van der Waals surface area contributed by atoms with Crippen molar-refractivity contribution in [3.05, 3.63) is 65.7 Å². The minimum atomic E-state index is -3.71. The monoisotopic (exact) mass is 443 g/mol. The Hall–Kier alpha value is -2.22. The molecule has 0 bridgehead atoms. The predicted octanol–water partition coefficient (Wildman–Crippen LogP) is 2.87. The van der Waals surface area contributed by atoms with Crippen LogP contribution in [0.5, 0.6) is 0 Å². The topological polar surface area (TPSA) is 69.7 Å². The lowest BCUT2D eigenvalue weighted by Crippen LogP contribution is -2.47. The van der Waals surface area contributed by atoms with Crippen molar-refractivity contribution in [2.24, 2.45) is 0 Å². The number of sulfonamides is 1. The Labute approximate surface area is 186 Å². The molecule has 2 aromatic carbocycles. The summed E-state index contributed by atoms with van der Waals surface area (Å²) < 4.78 is 28.4. The number of rotatable bonds is 9. The Kier molecular flexibility index (Phi) is 8.23. The van der Waals surface area contributed by atoms with E-state index in [2.05, 4.69) is 5.32 Å². The maximum Gasteiger partial charge on any atom is 0.243 e. The number of hydrogen-bond donors (Lipinski definition) is 1. The van der Waals surface area contributed by atoms with E-state index in [1.54, 1.807) is 12.1 Å². The van der Waals surface area contributed by atoms with Gasteiger partial charge in [-0.25, -0.2) is 8.42 Å². The Morgan fingerprint density at radius 1 is 1.06 bits per heavy atom. The highest BCUT2D eigenvalue weighted by atomic mass is 32.2. The van der Waals surface area contributed by atoms with Crippen molar-refractivity contribution in [1.29, 1.82) is 0 Å². The first-order valence-corrected chi connectivity index (χ1v) is 12.5. The summed E-state index contributed by atoms with van der Waals surface area (Å²) in [6.07, 6.45) is 1.04. The summed E-state index contributed by atoms with van der Waals surface area (Å²) in [7, 11) is -3.71. The van der Waals surface area contributed by atoms with Gasteiger partial charge >= 0.3 is 0 Å². The van der Waals surface area contributed by atoms with Gasteiger partial charge in [-0.1, -0.05) is 56.3 Å². The smallest absolute Gasteiger partial charge is 0.243 e. The largest absolute Gasteiger partial charge is 0.340 e. The molecule has 1 fully saturated rings. The number of nitrogens with zero attached hydrogens (tertiary/aromatic N) is 2. The van der Waals surface area contributed by atoms with Crippen molar-refractivity contribution in [2.45, 2.75) is 37.5 Å². The number of hydrogen-bond acceptors (Lipinski definition) is 4. The maximum absolute atomic E-state index is 13.5. The van der Waals surface area contributed by atoms with Gasteiger partial charge < -0.3 is 10.2 Å². The lowest BCUT2D eigenvalue weighted by atomic mass is 10.0. The van der Waals surface area contributed by atoms with Crippen LogP contribution in [0, 0.1) is 0 Å². The number of carbonyl (C=O) groups excluding carboxylic acids is 1. The van der Waals surface area contributed by atoms with Crippen molar-refractivity contribution in [1.82, 2.24) is 14.5 Å². The lowest BCUT2D eigenvalue weighted by molar-refractivity contribution is -0.131. The van der Waals surface area contributed by atoms with Gasteiger partial charge in [-0.15, -0.1) is 0 Å². The van der Waals surface area contributed by atoms with Crippen LogP contribution in [0.1, 0.15) is 37.3 Å². The Morgan fingerprint density at radius 3 is 2.32 bits per heavy atom. The fraction of sp³-hybridized carbons (Fsp3) is 0.458. The number of amides is 1. The first-order chi connectivity index (χ1) is 14.9. The van der Waals surface area contributed by atoms with Gasteiger partial charge in [-0.2, -0.15) is 4.31 Å². The predicted molar refractivity (Wildman–Crippen MR) is 124 cm³/mol. The van der Waals surface area contributed by atoms with Gasteiger partial charge in [0.2, 0.25) is 15.9 Å². The molecule has 7 heteroatoms. The average molecular weight is 444 g/mol. The molecule has 1 saturated heterocycles. The van der Waals surface area contributed by atoms with Crippen LogP contribution >= 0.6 is 0 Å². The van der Waals surface area contributed by atoms with Crippen LogP contribution in [0.15, 0.2) is 59.5 Å². The number of carbonyl (C=O) groups is 1. The van der Waals surface area contributed by atoms with Gasteiger partial charge in [0, 0.05) is 45.7 Å². The second-order valence-electron chi connectivity index (χ2n) is 8.05. The van der Waals surface area contributed by atoms with Gasteiger partial charge in [0.05, 0.1) is 4.90 Å². The highest BCUT2D eigenvalue weighted by molar-refractivity contribution is 7.89. The zero-order chi connectivity index (χ0) is 22.3. The van der Waals surface area contributed by atoms with E-state index in [-0.39, 0.29) is 29.7 Å². The molecule has 6 nitrogen and oxygen atoms in total. The summed E-state index contributed by atoms with van der Waals surface area (Å²) in [5, 5.41) is 3.23. The van der Waals surface area contributed by atoms with Crippen LogP contribution < -0.4 is 5.32 Å². The highest BCUT2D eigenvalue weighted by Gasteiger charge is 2.28. The number of nitrogens with one attached hydrogen (secondary N) is 1. The highest BCUT2D eigenvalue weighted by Crippen LogP contribution is 2.23. The van der Waals surface area contributed by atoms with Crippen molar-refractivity contribution in [2.75, 3.05) is 39.3 Å². The summed E-state index contributed by atoms with van der Waals surface area (Å²) in [5.41, 5.74) is 2.18. The molecule has 1 aliphatic rings. The minimum Gasteiger partial charge on any atom is -0.340 e. The van der Waals surface area contributed by atoms with Gasteiger partial charge in [-0.3, -0.25) is 4.79 Å². The van der Waals surface area contributed by atoms with Crippen molar-refractivity contribution < 1.29 is 13.2 Å². The van der Waals surface area contributed by atoms with Crippen LogP contribution in [-0.4, -0.2) is 62.8 Å². The summed E-state index contributed by atoms with van der Waals surface area (Å²) >= 11 is 0. The van der Waals surface area contributed by atoms with Gasteiger partial charge in [0.15, 0.2) is 0 Å². The molecule has 0 aliphatic carbocycles. The van der Waals surface area contributed by atoms with Gasteiger partial charge in [0.25, 0.3) is 0 Å². The Bertz CT molecular complexity index is 940. The summed E-state index contributed by atoms with van der Waals surface area (Å²) in [4.78, 5) is 14.8. The fourth-order valence-electron chi connectivity index (χ4n) is 3.84. The van der Waals surface area contributed by atoms with E-state index in [1.807, 2.05) is 61.2 Å². The molecule has 31 heavy (non-hydrogen) atoms. The SMILES string of the molecule is CCc1ccc(S(=O)(=O)N(CCC(=O)N2CCNCC2)CC(C)c2ccccc2)cc1. The second-order valence-corrected chi connectivity index (χ2v) is 9.99. The zero-order valence-corrected chi connectivity index (χ0v) is 19.3. The molecule has 1 heterocycles. The summed E-state index contributed by atoms with van der Waals surface area (Å²) in [6.45, 7) is 7.48. The molecule has 2 aromatic rings. The van der Waals surface area contributed by atoms with Gasteiger partial charge in [0.1, 0.15) is 0 Å². The molecular formula is C24H33N3O3S. The molecule has 1 unspecified atom stereocenters. The number of aryl methyl sites for hydroxylation is 1. The van der Waals surface area contributed by atoms with E-state index in [1.165, 1.54) is 4.31 Å². The van der Waals surface area contributed by atoms with Crippen molar-refractivity contribution in [3.63, 3.8) is 0 Å². The molecule has 168 valence electrons. The minimum absolute atomic E-state index is 0.00963. The standard InChI is InChI=1S/C24H33N3O3S/c1-3-21-9-11-23(12-10-21)31(29,30)27(19-20(2)22-7-5-4-6-8-22)16-13-24(28)26-17-14-25-15-18-26/h4-12,20,25H,3,13-19H2,1-2H3. The maximum atomic E-state index is 13.5. The first-order valence-electron chi connectivity index (χ1n) is 11.0. The first kappa shape index (κ1) is 23.4. The lowest BCUT2D eigenvalue weighted by Gasteiger charge is -2.29. The van der Waals surface area contributed by atoms with E-state index < -0.39 is 10.0 Å². The second kappa shape index (κ2) is 10.9. The zero-order valence-electron chi connectivity index (χ0n) is 18.5. The Morgan fingerprint density at radius 2 is 1.71 bits per heavy atom. The molecular weight excluding hydrogens is 410 g/mol. The van der Waals surface area contributed by atoms with E-state index in [9.17, 15) is 13.2 Å². The molecule has 1 aliphatic heterocycles. The van der Waals surface area contributed by atoms with Crippen LogP contribution in [0.4, 0.5) is 0 Å². The number of benzene rings is 2. The van der Waals surface area contributed by atoms with Crippen LogP contribution in [0.3, 0.4) is 0 Å². The molecule has 0 spiro atoms. The van der Waals surface area contributed by atoms with Crippen molar-refractivity contribution in [3.8, 4) is 0 Å². The Balaban J connectivity index is 1.79. The molecule has 1 N–H and O–H groups in total. The third-order valence-corrected chi connectivity index (χ3v) is 7.74. The molecule has 0 aromatic heterocycles. The van der Waals surface area contributed by atoms with E-state index in [0.29, 0.717) is 19.6 Å². The van der Waals surface area contributed by atoms with E-state index >= 15 is 0 Å². The van der Waals surface area contributed by atoms with Crippen molar-refractivity contribution >= 4 is 15.9 Å². The van der Waals surface area contributed by atoms with Crippen LogP contribution in [-0.2, 0) is 21.2 Å². The van der Waals surface area contributed by atoms with Crippen LogP contribution in [0.2, 0.25) is 0 Å². The number of piperazine rings is 1. The fourth-order valence-corrected chi connectivity index (χ4v) is 5.37. The third-order valence-electron chi connectivity index (χ3n) is 5.86. The van der Waals surface area contributed by atoms with E-state index in [4.69, 9.17) is 0 Å². The molecule has 3 rings (SSSR count). The normalized spacial score (nSPS) is 15.8. The third kappa shape index (κ3) is 6.15. The molecule has 0 saturated carbocycles. The van der Waals surface area contributed by atoms with Gasteiger partial charge in [-0.05, 0) is 35.6 Å². The average Bonchev–Trinajstić information content (AvgIpc) is 2.82. The van der Waals surface area contributed by atoms with Crippen LogP contribution in [0.25, 0.3) is 0 Å². The quantitative estimate of drug-likeness (QED) is 0.647. The molecule has 0 radical (unpaired) electrons. The summed E-state index contributed by atoms with van der Waals surface area (Å²) in [6, 6.07) is 17.0.